The quantitative estimate of drug-likeness (QED) is 0.499. The summed E-state index contributed by atoms with van der Waals surface area (Å²) in [6.45, 7) is 3.64. The fraction of sp³-hybridized carbons (Fsp3) is 0.538. The number of aryl methyl sites for hydroxylation is 1. The Morgan fingerprint density at radius 2 is 1.88 bits per heavy atom. The average molecular weight is 247 g/mol. The van der Waals surface area contributed by atoms with E-state index >= 15 is 0 Å². The summed E-state index contributed by atoms with van der Waals surface area (Å²) in [6, 6.07) is 2.42. The minimum absolute atomic E-state index is 0.279. The van der Waals surface area contributed by atoms with E-state index in [-0.39, 0.29) is 5.56 Å². The molecule has 0 radical (unpaired) electrons. The molecule has 0 N–H and O–H groups in total. The van der Waals surface area contributed by atoms with Gasteiger partial charge >= 0.3 is 0 Å². The SMILES string of the molecule is CCCCCC(Cl)c1cc(F)c(C)cc1F. The topological polar surface area (TPSA) is 0 Å². The van der Waals surface area contributed by atoms with Crippen LogP contribution in [-0.4, -0.2) is 0 Å². The van der Waals surface area contributed by atoms with Crippen LogP contribution in [0.2, 0.25) is 0 Å². The third-order valence-corrected chi connectivity index (χ3v) is 3.13. The largest absolute Gasteiger partial charge is 0.207 e. The molecular formula is C13H17ClF2. The van der Waals surface area contributed by atoms with Gasteiger partial charge in [-0.3, -0.25) is 0 Å². The summed E-state index contributed by atoms with van der Waals surface area (Å²) in [4.78, 5) is 0. The van der Waals surface area contributed by atoms with Gasteiger partial charge in [0.05, 0.1) is 5.38 Å². The molecule has 1 unspecified atom stereocenters. The highest BCUT2D eigenvalue weighted by Gasteiger charge is 2.15. The fourth-order valence-corrected chi connectivity index (χ4v) is 1.95. The maximum atomic E-state index is 13.5. The van der Waals surface area contributed by atoms with Gasteiger partial charge < -0.3 is 0 Å². The summed E-state index contributed by atoms with van der Waals surface area (Å²) in [6.07, 6.45) is 3.79. The highest BCUT2D eigenvalue weighted by Crippen LogP contribution is 2.30. The highest BCUT2D eigenvalue weighted by molar-refractivity contribution is 6.20. The molecule has 1 aromatic carbocycles. The Bertz CT molecular complexity index is 350. The van der Waals surface area contributed by atoms with Gasteiger partial charge in [0.25, 0.3) is 0 Å². The second-order valence-corrected chi connectivity index (χ2v) is 4.61. The maximum Gasteiger partial charge on any atom is 0.128 e. The molecule has 0 amide bonds. The van der Waals surface area contributed by atoms with Crippen molar-refractivity contribution in [3.8, 4) is 0 Å². The van der Waals surface area contributed by atoms with E-state index in [4.69, 9.17) is 11.6 Å². The number of benzene rings is 1. The van der Waals surface area contributed by atoms with Crippen molar-refractivity contribution in [3.05, 3.63) is 34.9 Å². The summed E-state index contributed by atoms with van der Waals surface area (Å²) < 4.78 is 26.8. The number of hydrogen-bond donors (Lipinski definition) is 0. The molecule has 0 heterocycles. The normalized spacial score (nSPS) is 12.8. The minimum Gasteiger partial charge on any atom is -0.207 e. The van der Waals surface area contributed by atoms with Gasteiger partial charge in [-0.2, -0.15) is 0 Å². The Morgan fingerprint density at radius 3 is 2.50 bits per heavy atom. The smallest absolute Gasteiger partial charge is 0.128 e. The van der Waals surface area contributed by atoms with E-state index in [1.165, 1.54) is 12.1 Å². The molecule has 0 aromatic heterocycles. The predicted octanol–water partition coefficient (Wildman–Crippen LogP) is 5.13. The Hall–Kier alpha value is -0.630. The molecule has 0 nitrogen and oxygen atoms in total. The zero-order chi connectivity index (χ0) is 12.1. The number of unbranched alkanes of at least 4 members (excludes halogenated alkanes) is 2. The molecule has 3 heteroatoms. The molecule has 0 saturated carbocycles. The van der Waals surface area contributed by atoms with Crippen molar-refractivity contribution in [2.24, 2.45) is 0 Å². The zero-order valence-electron chi connectivity index (χ0n) is 9.69. The molecule has 0 aliphatic heterocycles. The van der Waals surface area contributed by atoms with E-state index in [2.05, 4.69) is 6.92 Å². The molecule has 0 aliphatic rings. The van der Waals surface area contributed by atoms with Gasteiger partial charge in [-0.15, -0.1) is 11.6 Å². The van der Waals surface area contributed by atoms with Crippen LogP contribution in [0.5, 0.6) is 0 Å². The number of rotatable bonds is 5. The molecule has 16 heavy (non-hydrogen) atoms. The number of halogens is 3. The van der Waals surface area contributed by atoms with Gasteiger partial charge in [-0.1, -0.05) is 26.2 Å². The Morgan fingerprint density at radius 1 is 1.19 bits per heavy atom. The molecule has 0 fully saturated rings. The fourth-order valence-electron chi connectivity index (χ4n) is 1.63. The first-order valence-electron chi connectivity index (χ1n) is 5.65. The third-order valence-electron chi connectivity index (χ3n) is 2.68. The molecule has 0 aliphatic carbocycles. The van der Waals surface area contributed by atoms with Crippen molar-refractivity contribution in [1.82, 2.24) is 0 Å². The minimum atomic E-state index is -0.429. The lowest BCUT2D eigenvalue weighted by Crippen LogP contribution is -1.98. The van der Waals surface area contributed by atoms with Crippen molar-refractivity contribution < 1.29 is 8.78 Å². The standard InChI is InChI=1S/C13H17ClF2/c1-3-4-5-6-11(14)10-8-12(15)9(2)7-13(10)16/h7-8,11H,3-6H2,1-2H3. The first-order valence-corrected chi connectivity index (χ1v) is 6.09. The van der Waals surface area contributed by atoms with E-state index < -0.39 is 17.0 Å². The van der Waals surface area contributed by atoms with Gasteiger partial charge in [-0.25, -0.2) is 8.78 Å². The third kappa shape index (κ3) is 3.44. The van der Waals surface area contributed by atoms with Crippen LogP contribution in [0.15, 0.2) is 12.1 Å². The Labute approximate surface area is 101 Å². The molecular weight excluding hydrogens is 230 g/mol. The highest BCUT2D eigenvalue weighted by atomic mass is 35.5. The molecule has 90 valence electrons. The van der Waals surface area contributed by atoms with Gasteiger partial charge in [-0.05, 0) is 31.0 Å². The molecule has 0 spiro atoms. The van der Waals surface area contributed by atoms with Crippen molar-refractivity contribution in [2.75, 3.05) is 0 Å². The second-order valence-electron chi connectivity index (χ2n) is 4.09. The van der Waals surface area contributed by atoms with E-state index in [9.17, 15) is 8.78 Å². The predicted molar refractivity (Wildman–Crippen MR) is 63.8 cm³/mol. The lowest BCUT2D eigenvalue weighted by molar-refractivity contribution is 0.564. The molecule has 0 saturated heterocycles. The van der Waals surface area contributed by atoms with Crippen molar-refractivity contribution in [3.63, 3.8) is 0 Å². The number of alkyl halides is 1. The summed E-state index contributed by atoms with van der Waals surface area (Å²) >= 11 is 6.06. The maximum absolute atomic E-state index is 13.5. The van der Waals surface area contributed by atoms with Crippen LogP contribution in [-0.2, 0) is 0 Å². The lowest BCUT2D eigenvalue weighted by Gasteiger charge is -2.11. The van der Waals surface area contributed by atoms with Crippen LogP contribution >= 0.6 is 11.6 Å². The van der Waals surface area contributed by atoms with Gasteiger partial charge in [0, 0.05) is 5.56 Å². The van der Waals surface area contributed by atoms with Crippen LogP contribution in [0.3, 0.4) is 0 Å². The first-order chi connectivity index (χ1) is 7.56. The van der Waals surface area contributed by atoms with Gasteiger partial charge in [0.15, 0.2) is 0 Å². The Balaban J connectivity index is 2.75. The zero-order valence-corrected chi connectivity index (χ0v) is 10.5. The van der Waals surface area contributed by atoms with E-state index in [1.54, 1.807) is 6.92 Å². The second kappa shape index (κ2) is 6.19. The monoisotopic (exact) mass is 246 g/mol. The van der Waals surface area contributed by atoms with E-state index in [0.29, 0.717) is 12.0 Å². The van der Waals surface area contributed by atoms with Crippen LogP contribution in [0.25, 0.3) is 0 Å². The molecule has 0 bridgehead atoms. The first kappa shape index (κ1) is 13.4. The van der Waals surface area contributed by atoms with Crippen LogP contribution in [0.1, 0.15) is 49.1 Å². The van der Waals surface area contributed by atoms with Crippen LogP contribution < -0.4 is 0 Å². The van der Waals surface area contributed by atoms with E-state index in [0.717, 1.165) is 19.3 Å². The van der Waals surface area contributed by atoms with Crippen molar-refractivity contribution >= 4 is 11.6 Å². The lowest BCUT2D eigenvalue weighted by atomic mass is 10.0. The summed E-state index contributed by atoms with van der Waals surface area (Å²) in [7, 11) is 0. The summed E-state index contributed by atoms with van der Waals surface area (Å²) in [5, 5.41) is -0.429. The Kier molecular flexibility index (Phi) is 5.20. The van der Waals surface area contributed by atoms with Gasteiger partial charge in [0.1, 0.15) is 11.6 Å². The van der Waals surface area contributed by atoms with Gasteiger partial charge in [0.2, 0.25) is 0 Å². The average Bonchev–Trinajstić information content (AvgIpc) is 2.23. The number of hydrogen-bond acceptors (Lipinski definition) is 0. The summed E-state index contributed by atoms with van der Waals surface area (Å²) in [5.74, 6) is -0.798. The molecule has 1 aromatic rings. The molecule has 1 atom stereocenters. The van der Waals surface area contributed by atoms with Crippen LogP contribution in [0.4, 0.5) is 8.78 Å². The molecule has 1 rings (SSSR count). The van der Waals surface area contributed by atoms with Crippen LogP contribution in [0, 0.1) is 18.6 Å². The van der Waals surface area contributed by atoms with E-state index in [1.807, 2.05) is 0 Å². The summed E-state index contributed by atoms with van der Waals surface area (Å²) in [5.41, 5.74) is 0.597. The van der Waals surface area contributed by atoms with Crippen molar-refractivity contribution in [1.29, 1.82) is 0 Å². The van der Waals surface area contributed by atoms with Crippen molar-refractivity contribution in [2.45, 2.75) is 44.9 Å².